The third-order valence-electron chi connectivity index (χ3n) is 4.02. The van der Waals surface area contributed by atoms with Gasteiger partial charge in [0.2, 0.25) is 0 Å². The van der Waals surface area contributed by atoms with Crippen molar-refractivity contribution >= 4 is 11.6 Å². The van der Waals surface area contributed by atoms with E-state index in [1.54, 1.807) is 0 Å². The van der Waals surface area contributed by atoms with E-state index in [4.69, 9.17) is 0 Å². The van der Waals surface area contributed by atoms with Gasteiger partial charge in [0, 0.05) is 5.92 Å². The van der Waals surface area contributed by atoms with Crippen molar-refractivity contribution in [2.24, 2.45) is 5.92 Å². The SMILES string of the molecule is C[C@H]1CCC[NH+]([C@@H](C)C(=O)Nc2c(F)cccc2F)C1. The molecule has 2 rings (SSSR count). The molecule has 3 atom stereocenters. The molecule has 0 aliphatic carbocycles. The molecule has 0 saturated carbocycles. The van der Waals surface area contributed by atoms with Gasteiger partial charge in [-0.25, -0.2) is 8.78 Å². The molecule has 1 heterocycles. The van der Waals surface area contributed by atoms with Gasteiger partial charge in [0.25, 0.3) is 5.91 Å². The van der Waals surface area contributed by atoms with Crippen LogP contribution < -0.4 is 10.2 Å². The number of quaternary nitrogens is 1. The number of anilines is 1. The Hall–Kier alpha value is -1.49. The molecule has 1 aliphatic heterocycles. The number of hydrogen-bond acceptors (Lipinski definition) is 1. The first kappa shape index (κ1) is 14.9. The predicted molar refractivity (Wildman–Crippen MR) is 73.5 cm³/mol. The molecule has 1 unspecified atom stereocenters. The third kappa shape index (κ3) is 3.33. The minimum atomic E-state index is -0.743. The second kappa shape index (κ2) is 6.31. The molecule has 1 aromatic carbocycles. The Balaban J connectivity index is 2.04. The van der Waals surface area contributed by atoms with Crippen molar-refractivity contribution in [3.63, 3.8) is 0 Å². The summed E-state index contributed by atoms with van der Waals surface area (Å²) in [4.78, 5) is 13.3. The minimum absolute atomic E-state index is 0.309. The first-order chi connectivity index (χ1) is 9.49. The number of para-hydroxylation sites is 1. The van der Waals surface area contributed by atoms with Gasteiger partial charge in [0.05, 0.1) is 13.1 Å². The summed E-state index contributed by atoms with van der Waals surface area (Å²) in [6, 6.07) is 3.25. The van der Waals surface area contributed by atoms with Crippen LogP contribution in [0.3, 0.4) is 0 Å². The zero-order chi connectivity index (χ0) is 14.7. The highest BCUT2D eigenvalue weighted by Crippen LogP contribution is 2.18. The van der Waals surface area contributed by atoms with Crippen LogP contribution in [0.4, 0.5) is 14.5 Å². The van der Waals surface area contributed by atoms with Gasteiger partial charge in [-0.05, 0) is 31.9 Å². The zero-order valence-corrected chi connectivity index (χ0v) is 11.9. The molecule has 0 radical (unpaired) electrons. The Morgan fingerprint density at radius 3 is 2.65 bits per heavy atom. The second-order valence-electron chi connectivity index (χ2n) is 5.67. The van der Waals surface area contributed by atoms with E-state index in [9.17, 15) is 13.6 Å². The second-order valence-corrected chi connectivity index (χ2v) is 5.67. The van der Waals surface area contributed by atoms with Gasteiger partial charge in [0.1, 0.15) is 17.3 Å². The maximum absolute atomic E-state index is 13.5. The molecule has 1 fully saturated rings. The summed E-state index contributed by atoms with van der Waals surface area (Å²) in [7, 11) is 0. The topological polar surface area (TPSA) is 33.5 Å². The molecule has 1 saturated heterocycles. The number of carbonyl (C=O) groups is 1. The summed E-state index contributed by atoms with van der Waals surface area (Å²) in [6.45, 7) is 5.83. The number of amides is 1. The average molecular weight is 283 g/mol. The third-order valence-corrected chi connectivity index (χ3v) is 4.02. The molecule has 0 bridgehead atoms. The smallest absolute Gasteiger partial charge is 0.282 e. The van der Waals surface area contributed by atoms with Crippen molar-refractivity contribution in [3.05, 3.63) is 29.8 Å². The maximum Gasteiger partial charge on any atom is 0.282 e. The fourth-order valence-electron chi connectivity index (χ4n) is 2.76. The Morgan fingerprint density at radius 1 is 1.40 bits per heavy atom. The van der Waals surface area contributed by atoms with Crippen LogP contribution in [0.15, 0.2) is 18.2 Å². The van der Waals surface area contributed by atoms with Crippen LogP contribution in [-0.2, 0) is 4.79 Å². The fourth-order valence-corrected chi connectivity index (χ4v) is 2.76. The molecule has 0 spiro atoms. The van der Waals surface area contributed by atoms with E-state index in [0.717, 1.165) is 31.6 Å². The number of piperidine rings is 1. The lowest BCUT2D eigenvalue weighted by Gasteiger charge is -2.31. The highest BCUT2D eigenvalue weighted by Gasteiger charge is 2.30. The van der Waals surface area contributed by atoms with E-state index < -0.39 is 11.6 Å². The van der Waals surface area contributed by atoms with Crippen LogP contribution in [0.5, 0.6) is 0 Å². The van der Waals surface area contributed by atoms with Crippen molar-refractivity contribution in [3.8, 4) is 0 Å². The van der Waals surface area contributed by atoms with Gasteiger partial charge in [-0.1, -0.05) is 13.0 Å². The molecule has 0 aromatic heterocycles. The standard InChI is InChI=1S/C15H20F2N2O/c1-10-5-4-8-19(9-10)11(2)15(20)18-14-12(16)6-3-7-13(14)17/h3,6-7,10-11H,4-5,8-9H2,1-2H3,(H,18,20)/p+1/t10-,11-/m0/s1. The Morgan fingerprint density at radius 2 is 2.05 bits per heavy atom. The molecule has 110 valence electrons. The first-order valence-corrected chi connectivity index (χ1v) is 7.08. The first-order valence-electron chi connectivity index (χ1n) is 7.08. The largest absolute Gasteiger partial charge is 0.325 e. The number of nitrogens with one attached hydrogen (secondary N) is 2. The average Bonchev–Trinajstić information content (AvgIpc) is 2.42. The zero-order valence-electron chi connectivity index (χ0n) is 11.9. The minimum Gasteiger partial charge on any atom is -0.325 e. The summed E-state index contributed by atoms with van der Waals surface area (Å²) in [6.07, 6.45) is 2.27. The number of benzene rings is 1. The molecule has 5 heteroatoms. The predicted octanol–water partition coefficient (Wildman–Crippen LogP) is 1.61. The number of likely N-dealkylation sites (tertiary alicyclic amines) is 1. The molecule has 1 aromatic rings. The van der Waals surface area contributed by atoms with E-state index in [-0.39, 0.29) is 17.6 Å². The Bertz CT molecular complexity index is 473. The van der Waals surface area contributed by atoms with Crippen molar-refractivity contribution in [2.75, 3.05) is 18.4 Å². The van der Waals surface area contributed by atoms with Gasteiger partial charge in [-0.2, -0.15) is 0 Å². The molecule has 3 nitrogen and oxygen atoms in total. The summed E-state index contributed by atoms with van der Waals surface area (Å²) in [5, 5.41) is 2.38. The number of hydrogen-bond donors (Lipinski definition) is 2. The summed E-state index contributed by atoms with van der Waals surface area (Å²) < 4.78 is 27.0. The van der Waals surface area contributed by atoms with E-state index in [0.29, 0.717) is 5.92 Å². The molecule has 1 amide bonds. The lowest BCUT2D eigenvalue weighted by atomic mass is 9.99. The monoisotopic (exact) mass is 283 g/mol. The lowest BCUT2D eigenvalue weighted by molar-refractivity contribution is -0.922. The molecule has 2 N–H and O–H groups in total. The van der Waals surface area contributed by atoms with E-state index >= 15 is 0 Å². The molecular formula is C15H21F2N2O+. The number of rotatable bonds is 3. The van der Waals surface area contributed by atoms with Gasteiger partial charge >= 0.3 is 0 Å². The maximum atomic E-state index is 13.5. The lowest BCUT2D eigenvalue weighted by Crippen LogP contribution is -3.17. The fraction of sp³-hybridized carbons (Fsp3) is 0.533. The van der Waals surface area contributed by atoms with E-state index in [1.807, 2.05) is 6.92 Å². The Kier molecular flexibility index (Phi) is 4.70. The highest BCUT2D eigenvalue weighted by atomic mass is 19.1. The van der Waals surface area contributed by atoms with Crippen molar-refractivity contribution in [1.29, 1.82) is 0 Å². The van der Waals surface area contributed by atoms with Crippen LogP contribution in [0.1, 0.15) is 26.7 Å². The van der Waals surface area contributed by atoms with Crippen LogP contribution in [-0.4, -0.2) is 25.0 Å². The summed E-state index contributed by atoms with van der Waals surface area (Å²) in [5.74, 6) is -1.24. The quantitative estimate of drug-likeness (QED) is 0.868. The van der Waals surface area contributed by atoms with Crippen molar-refractivity contribution < 1.29 is 18.5 Å². The van der Waals surface area contributed by atoms with E-state index in [2.05, 4.69) is 12.2 Å². The molecular weight excluding hydrogens is 262 g/mol. The van der Waals surface area contributed by atoms with E-state index in [1.165, 1.54) is 17.4 Å². The number of carbonyl (C=O) groups excluding carboxylic acids is 1. The van der Waals surface area contributed by atoms with Gasteiger partial charge in [-0.3, -0.25) is 4.79 Å². The van der Waals surface area contributed by atoms with Gasteiger partial charge in [-0.15, -0.1) is 0 Å². The van der Waals surface area contributed by atoms with Crippen LogP contribution in [0, 0.1) is 17.6 Å². The normalized spacial score (nSPS) is 24.2. The highest BCUT2D eigenvalue weighted by molar-refractivity contribution is 5.93. The van der Waals surface area contributed by atoms with Crippen LogP contribution >= 0.6 is 0 Å². The van der Waals surface area contributed by atoms with Gasteiger partial charge < -0.3 is 10.2 Å². The van der Waals surface area contributed by atoms with Gasteiger partial charge in [0.15, 0.2) is 6.04 Å². The molecule has 20 heavy (non-hydrogen) atoms. The summed E-state index contributed by atoms with van der Waals surface area (Å²) >= 11 is 0. The Labute approximate surface area is 118 Å². The number of halogens is 2. The van der Waals surface area contributed by atoms with Crippen LogP contribution in [0.2, 0.25) is 0 Å². The van der Waals surface area contributed by atoms with Crippen molar-refractivity contribution in [2.45, 2.75) is 32.7 Å². The van der Waals surface area contributed by atoms with Crippen LogP contribution in [0.25, 0.3) is 0 Å². The summed E-state index contributed by atoms with van der Waals surface area (Å²) in [5.41, 5.74) is -0.353. The molecule has 1 aliphatic rings. The van der Waals surface area contributed by atoms with Crippen molar-refractivity contribution in [1.82, 2.24) is 0 Å².